The van der Waals surface area contributed by atoms with Crippen molar-refractivity contribution in [3.63, 3.8) is 0 Å². The third-order valence-electron chi connectivity index (χ3n) is 5.31. The quantitative estimate of drug-likeness (QED) is 0.332. The zero-order chi connectivity index (χ0) is 19.5. The third-order valence-corrected chi connectivity index (χ3v) is 7.52. The van der Waals surface area contributed by atoms with Gasteiger partial charge in [0.2, 0.25) is 0 Å². The van der Waals surface area contributed by atoms with Gasteiger partial charge in [-0.15, -0.1) is 11.3 Å². The van der Waals surface area contributed by atoms with Crippen LogP contribution in [-0.4, -0.2) is 27.0 Å². The molecule has 1 aliphatic rings. The van der Waals surface area contributed by atoms with Crippen LogP contribution in [-0.2, 0) is 19.4 Å². The summed E-state index contributed by atoms with van der Waals surface area (Å²) in [7, 11) is 0. The van der Waals surface area contributed by atoms with E-state index >= 15 is 0 Å². The Kier molecular flexibility index (Phi) is 6.23. The van der Waals surface area contributed by atoms with Gasteiger partial charge < -0.3 is 9.52 Å². The first-order valence-electron chi connectivity index (χ1n) is 9.98. The lowest BCUT2D eigenvalue weighted by atomic mass is 9.89. The summed E-state index contributed by atoms with van der Waals surface area (Å²) in [6.45, 7) is 2.93. The Balaban J connectivity index is 1.71. The Morgan fingerprint density at radius 2 is 2.29 bits per heavy atom. The monoisotopic (exact) mass is 418 g/mol. The van der Waals surface area contributed by atoms with Crippen LogP contribution in [0.5, 0.6) is 0 Å². The van der Waals surface area contributed by atoms with Crippen LogP contribution in [0.25, 0.3) is 10.2 Å². The van der Waals surface area contributed by atoms with Gasteiger partial charge in [0.1, 0.15) is 10.6 Å². The SMILES string of the molecule is CC1CCc2c(sc3nc(SCCCCCO)n(Cc4ccco4)c(=O)c23)C1. The molecule has 7 heteroatoms. The number of furan rings is 1. The third kappa shape index (κ3) is 4.07. The number of aryl methyl sites for hydroxylation is 1. The molecular weight excluding hydrogens is 392 g/mol. The molecule has 150 valence electrons. The molecule has 0 saturated carbocycles. The first-order chi connectivity index (χ1) is 13.7. The van der Waals surface area contributed by atoms with Crippen molar-refractivity contribution in [2.45, 2.75) is 57.1 Å². The number of hydrogen-bond acceptors (Lipinski definition) is 6. The average Bonchev–Trinajstić information content (AvgIpc) is 3.31. The summed E-state index contributed by atoms with van der Waals surface area (Å²) in [5, 5.41) is 10.5. The lowest BCUT2D eigenvalue weighted by Gasteiger charge is -2.17. The number of aliphatic hydroxyl groups excluding tert-OH is 1. The smallest absolute Gasteiger partial charge is 0.263 e. The van der Waals surface area contributed by atoms with Crippen LogP contribution in [0.1, 0.15) is 48.8 Å². The van der Waals surface area contributed by atoms with E-state index in [-0.39, 0.29) is 12.2 Å². The van der Waals surface area contributed by atoms with Gasteiger partial charge in [-0.05, 0) is 55.7 Å². The van der Waals surface area contributed by atoms with E-state index in [1.165, 1.54) is 10.4 Å². The molecule has 1 atom stereocenters. The van der Waals surface area contributed by atoms with E-state index in [1.54, 1.807) is 33.9 Å². The van der Waals surface area contributed by atoms with E-state index in [4.69, 9.17) is 14.5 Å². The van der Waals surface area contributed by atoms with E-state index in [1.807, 2.05) is 12.1 Å². The fourth-order valence-electron chi connectivity index (χ4n) is 3.77. The molecular formula is C21H26N2O3S2. The molecule has 3 aromatic rings. The summed E-state index contributed by atoms with van der Waals surface area (Å²) in [4.78, 5) is 20.6. The summed E-state index contributed by atoms with van der Waals surface area (Å²) in [5.74, 6) is 2.33. The maximum atomic E-state index is 13.5. The zero-order valence-electron chi connectivity index (χ0n) is 16.1. The lowest BCUT2D eigenvalue weighted by molar-refractivity contribution is 0.284. The largest absolute Gasteiger partial charge is 0.467 e. The number of thioether (sulfide) groups is 1. The van der Waals surface area contributed by atoms with Crippen molar-refractivity contribution in [3.05, 3.63) is 45.0 Å². The molecule has 0 bridgehead atoms. The Bertz CT molecular complexity index is 991. The van der Waals surface area contributed by atoms with Crippen LogP contribution >= 0.6 is 23.1 Å². The topological polar surface area (TPSA) is 68.3 Å². The number of thiophene rings is 1. The minimum absolute atomic E-state index is 0.0614. The van der Waals surface area contributed by atoms with E-state index in [0.29, 0.717) is 12.5 Å². The number of fused-ring (bicyclic) bond motifs is 3. The minimum atomic E-state index is 0.0614. The van der Waals surface area contributed by atoms with E-state index in [0.717, 1.165) is 65.4 Å². The van der Waals surface area contributed by atoms with Gasteiger partial charge in [-0.2, -0.15) is 0 Å². The molecule has 28 heavy (non-hydrogen) atoms. The highest BCUT2D eigenvalue weighted by Crippen LogP contribution is 2.36. The summed E-state index contributed by atoms with van der Waals surface area (Å²) in [6.07, 6.45) is 7.61. The molecule has 0 saturated heterocycles. The lowest BCUT2D eigenvalue weighted by Crippen LogP contribution is -2.24. The molecule has 0 aromatic carbocycles. The fourth-order valence-corrected chi connectivity index (χ4v) is 6.19. The Labute approximate surface area is 172 Å². The molecule has 1 N–H and O–H groups in total. The average molecular weight is 419 g/mol. The van der Waals surface area contributed by atoms with Crippen molar-refractivity contribution >= 4 is 33.3 Å². The molecule has 0 fully saturated rings. The van der Waals surface area contributed by atoms with E-state index in [9.17, 15) is 4.79 Å². The van der Waals surface area contributed by atoms with Gasteiger partial charge >= 0.3 is 0 Å². The first kappa shape index (κ1) is 19.7. The molecule has 3 heterocycles. The minimum Gasteiger partial charge on any atom is -0.467 e. The van der Waals surface area contributed by atoms with E-state index in [2.05, 4.69) is 6.92 Å². The second kappa shape index (κ2) is 8.84. The molecule has 1 unspecified atom stereocenters. The van der Waals surface area contributed by atoms with Crippen molar-refractivity contribution in [2.24, 2.45) is 5.92 Å². The number of nitrogens with zero attached hydrogens (tertiary/aromatic N) is 2. The van der Waals surface area contributed by atoms with Gasteiger partial charge in [-0.25, -0.2) is 4.98 Å². The summed E-state index contributed by atoms with van der Waals surface area (Å²) >= 11 is 3.33. The molecule has 3 aromatic heterocycles. The maximum absolute atomic E-state index is 13.5. The van der Waals surface area contributed by atoms with Crippen molar-refractivity contribution in [1.29, 1.82) is 0 Å². The van der Waals surface area contributed by atoms with Gasteiger partial charge in [0.25, 0.3) is 5.56 Å². The summed E-state index contributed by atoms with van der Waals surface area (Å²) < 4.78 is 7.28. The molecule has 0 spiro atoms. The molecule has 4 rings (SSSR count). The standard InChI is InChI=1S/C21H26N2O3S2/c1-14-7-8-16-17(12-14)28-19-18(16)20(25)23(13-15-6-5-10-26-15)21(22-19)27-11-4-2-3-9-24/h5-6,10,14,24H,2-4,7-9,11-13H2,1H3. The number of hydrogen-bond donors (Lipinski definition) is 1. The first-order valence-corrected chi connectivity index (χ1v) is 11.8. The number of aliphatic hydroxyl groups is 1. The van der Waals surface area contributed by atoms with Crippen molar-refractivity contribution in [3.8, 4) is 0 Å². The Morgan fingerprint density at radius 3 is 3.07 bits per heavy atom. The van der Waals surface area contributed by atoms with Crippen LogP contribution in [0.3, 0.4) is 0 Å². The highest BCUT2D eigenvalue weighted by Gasteiger charge is 2.25. The highest BCUT2D eigenvalue weighted by molar-refractivity contribution is 7.99. The Morgan fingerprint density at radius 1 is 1.39 bits per heavy atom. The van der Waals surface area contributed by atoms with Crippen molar-refractivity contribution in [2.75, 3.05) is 12.4 Å². The molecule has 0 aliphatic heterocycles. The molecule has 0 radical (unpaired) electrons. The van der Waals surface area contributed by atoms with Gasteiger partial charge in [-0.1, -0.05) is 25.1 Å². The van der Waals surface area contributed by atoms with Gasteiger partial charge in [-0.3, -0.25) is 9.36 Å². The van der Waals surface area contributed by atoms with Crippen LogP contribution in [0.4, 0.5) is 0 Å². The fraction of sp³-hybridized carbons (Fsp3) is 0.524. The summed E-state index contributed by atoms with van der Waals surface area (Å²) in [6, 6.07) is 3.75. The number of rotatable bonds is 8. The Hall–Kier alpha value is -1.57. The van der Waals surface area contributed by atoms with Gasteiger partial charge in [0.15, 0.2) is 5.16 Å². The second-order valence-electron chi connectivity index (χ2n) is 7.53. The van der Waals surface area contributed by atoms with Crippen LogP contribution < -0.4 is 5.56 Å². The number of aromatic nitrogens is 2. The summed E-state index contributed by atoms with van der Waals surface area (Å²) in [5.41, 5.74) is 1.29. The molecule has 5 nitrogen and oxygen atoms in total. The van der Waals surface area contributed by atoms with Crippen molar-refractivity contribution in [1.82, 2.24) is 9.55 Å². The molecule has 0 amide bonds. The predicted molar refractivity (Wildman–Crippen MR) is 115 cm³/mol. The van der Waals surface area contributed by atoms with Crippen LogP contribution in [0.15, 0.2) is 32.8 Å². The zero-order valence-corrected chi connectivity index (χ0v) is 17.8. The van der Waals surface area contributed by atoms with Gasteiger partial charge in [0.05, 0.1) is 18.2 Å². The normalized spacial score (nSPS) is 16.6. The van der Waals surface area contributed by atoms with Crippen LogP contribution in [0, 0.1) is 5.92 Å². The maximum Gasteiger partial charge on any atom is 0.263 e. The highest BCUT2D eigenvalue weighted by atomic mass is 32.2. The van der Waals surface area contributed by atoms with Crippen LogP contribution in [0.2, 0.25) is 0 Å². The number of unbranched alkanes of at least 4 members (excludes halogenated alkanes) is 2. The molecule has 1 aliphatic carbocycles. The van der Waals surface area contributed by atoms with Gasteiger partial charge in [0, 0.05) is 17.2 Å². The second-order valence-corrected chi connectivity index (χ2v) is 9.68. The predicted octanol–water partition coefficient (Wildman–Crippen LogP) is 4.48. The van der Waals surface area contributed by atoms with E-state index < -0.39 is 0 Å². The van der Waals surface area contributed by atoms with Crippen molar-refractivity contribution < 1.29 is 9.52 Å².